The van der Waals surface area contributed by atoms with Crippen molar-refractivity contribution in [1.29, 1.82) is 0 Å². The lowest BCUT2D eigenvalue weighted by molar-refractivity contribution is -0.134. The highest BCUT2D eigenvalue weighted by Crippen LogP contribution is 2.39. The largest absolute Gasteiger partial charge is 0.497 e. The summed E-state index contributed by atoms with van der Waals surface area (Å²) in [6.45, 7) is 6.43. The summed E-state index contributed by atoms with van der Waals surface area (Å²) in [7, 11) is 3.30. The first kappa shape index (κ1) is 26.9. The number of benzene rings is 3. The van der Waals surface area contributed by atoms with E-state index in [9.17, 15) is 4.79 Å². The van der Waals surface area contributed by atoms with Gasteiger partial charge in [-0.05, 0) is 81.4 Å². The van der Waals surface area contributed by atoms with Crippen LogP contribution in [0.25, 0.3) is 0 Å². The number of likely N-dealkylation sites (tertiary alicyclic amines) is 1. The highest BCUT2D eigenvalue weighted by Gasteiger charge is 2.36. The van der Waals surface area contributed by atoms with E-state index in [1.54, 1.807) is 19.2 Å². The Morgan fingerprint density at radius 1 is 0.949 bits per heavy atom. The molecule has 2 aliphatic heterocycles. The van der Waals surface area contributed by atoms with Gasteiger partial charge in [0.05, 0.1) is 32.5 Å². The van der Waals surface area contributed by atoms with Crippen LogP contribution in [0.2, 0.25) is 0 Å². The Bertz CT molecular complexity index is 1330. The molecule has 2 aliphatic rings. The van der Waals surface area contributed by atoms with E-state index in [-0.39, 0.29) is 11.9 Å². The molecule has 204 valence electrons. The van der Waals surface area contributed by atoms with Crippen molar-refractivity contribution in [3.8, 4) is 11.5 Å². The Kier molecular flexibility index (Phi) is 8.32. The maximum atomic E-state index is 13.8. The van der Waals surface area contributed by atoms with E-state index in [0.717, 1.165) is 60.5 Å². The van der Waals surface area contributed by atoms with Crippen molar-refractivity contribution in [1.82, 2.24) is 9.91 Å². The number of piperidine rings is 1. The SMILES string of the molecule is COc1ccc([C@H]2CC(c3cc(C)ccc3C)=NN2C(=O)CN2CCC(Cc3ccccc3)CC2)c(OC)c1. The molecule has 1 fully saturated rings. The normalized spacial score (nSPS) is 18.2. The van der Waals surface area contributed by atoms with Crippen molar-refractivity contribution in [2.45, 2.75) is 45.6 Å². The van der Waals surface area contributed by atoms with E-state index >= 15 is 0 Å². The first-order valence-electron chi connectivity index (χ1n) is 13.9. The number of aryl methyl sites for hydroxylation is 2. The van der Waals surface area contributed by atoms with Gasteiger partial charge in [-0.3, -0.25) is 9.69 Å². The third kappa shape index (κ3) is 6.17. The molecule has 3 aromatic carbocycles. The smallest absolute Gasteiger partial charge is 0.257 e. The van der Waals surface area contributed by atoms with Crippen molar-refractivity contribution in [3.05, 3.63) is 94.5 Å². The number of methoxy groups -OCH3 is 2. The average molecular weight is 526 g/mol. The summed E-state index contributed by atoms with van der Waals surface area (Å²) in [6.07, 6.45) is 3.96. The van der Waals surface area contributed by atoms with Crippen LogP contribution in [-0.4, -0.2) is 55.4 Å². The van der Waals surface area contributed by atoms with Gasteiger partial charge in [-0.2, -0.15) is 5.10 Å². The predicted molar refractivity (Wildman–Crippen MR) is 156 cm³/mol. The Morgan fingerprint density at radius 2 is 1.72 bits per heavy atom. The molecule has 0 aliphatic carbocycles. The molecular formula is C33H39N3O3. The van der Waals surface area contributed by atoms with Gasteiger partial charge in [0.2, 0.25) is 0 Å². The molecule has 2 heterocycles. The third-order valence-electron chi connectivity index (χ3n) is 8.10. The fraction of sp³-hybridized carbons (Fsp3) is 0.394. The topological polar surface area (TPSA) is 54.4 Å². The van der Waals surface area contributed by atoms with E-state index in [2.05, 4.69) is 67.3 Å². The van der Waals surface area contributed by atoms with Crippen LogP contribution < -0.4 is 9.47 Å². The fourth-order valence-corrected chi connectivity index (χ4v) is 5.85. The van der Waals surface area contributed by atoms with Crippen molar-refractivity contribution in [2.75, 3.05) is 33.9 Å². The van der Waals surface area contributed by atoms with E-state index in [1.165, 1.54) is 11.1 Å². The molecule has 1 saturated heterocycles. The van der Waals surface area contributed by atoms with Gasteiger partial charge >= 0.3 is 0 Å². The standard InChI is InChI=1S/C33H39N3O3/c1-23-10-11-24(2)29(18-23)30-21-31(28-13-12-27(38-3)20-32(28)39-4)36(34-30)33(37)22-35-16-14-26(15-17-35)19-25-8-6-5-7-9-25/h5-13,18,20,26,31H,14-17,19,21-22H2,1-4H3/t31-/m1/s1. The van der Waals surface area contributed by atoms with Crippen LogP contribution in [0, 0.1) is 19.8 Å². The lowest BCUT2D eigenvalue weighted by Crippen LogP contribution is -2.42. The molecule has 1 amide bonds. The molecule has 0 saturated carbocycles. The molecule has 0 N–H and O–H groups in total. The lowest BCUT2D eigenvalue weighted by atomic mass is 9.90. The number of hydrogen-bond donors (Lipinski definition) is 0. The van der Waals surface area contributed by atoms with Gasteiger partial charge in [-0.25, -0.2) is 5.01 Å². The molecule has 5 rings (SSSR count). The summed E-state index contributed by atoms with van der Waals surface area (Å²) < 4.78 is 11.2. The molecule has 1 atom stereocenters. The van der Waals surface area contributed by atoms with Crippen molar-refractivity contribution >= 4 is 11.6 Å². The van der Waals surface area contributed by atoms with Crippen LogP contribution in [0.3, 0.4) is 0 Å². The first-order chi connectivity index (χ1) is 18.9. The number of ether oxygens (including phenoxy) is 2. The minimum Gasteiger partial charge on any atom is -0.497 e. The molecule has 39 heavy (non-hydrogen) atoms. The quantitative estimate of drug-likeness (QED) is 0.365. The van der Waals surface area contributed by atoms with Gasteiger partial charge in [0.25, 0.3) is 5.91 Å². The minimum atomic E-state index is -0.233. The Balaban J connectivity index is 1.34. The molecule has 0 bridgehead atoms. The van der Waals surface area contributed by atoms with Crippen LogP contribution >= 0.6 is 0 Å². The van der Waals surface area contributed by atoms with Crippen LogP contribution in [0.15, 0.2) is 71.8 Å². The van der Waals surface area contributed by atoms with Crippen LogP contribution in [0.4, 0.5) is 0 Å². The number of rotatable bonds is 8. The number of nitrogens with zero attached hydrogens (tertiary/aromatic N) is 3. The zero-order valence-electron chi connectivity index (χ0n) is 23.5. The van der Waals surface area contributed by atoms with Crippen molar-refractivity contribution < 1.29 is 14.3 Å². The third-order valence-corrected chi connectivity index (χ3v) is 8.10. The second-order valence-corrected chi connectivity index (χ2v) is 10.8. The predicted octanol–water partition coefficient (Wildman–Crippen LogP) is 5.95. The highest BCUT2D eigenvalue weighted by molar-refractivity contribution is 6.04. The number of hydrazone groups is 1. The molecule has 0 spiro atoms. The molecular weight excluding hydrogens is 486 g/mol. The second-order valence-electron chi connectivity index (χ2n) is 10.8. The maximum Gasteiger partial charge on any atom is 0.257 e. The van der Waals surface area contributed by atoms with Crippen LogP contribution in [0.5, 0.6) is 11.5 Å². The Morgan fingerprint density at radius 3 is 2.44 bits per heavy atom. The zero-order chi connectivity index (χ0) is 27.4. The number of hydrogen-bond acceptors (Lipinski definition) is 5. The molecule has 0 aromatic heterocycles. The summed E-state index contributed by atoms with van der Waals surface area (Å²) in [6, 6.07) is 22.7. The number of amides is 1. The molecule has 0 unspecified atom stereocenters. The number of carbonyl (C=O) groups excluding carboxylic acids is 1. The zero-order valence-corrected chi connectivity index (χ0v) is 23.5. The highest BCUT2D eigenvalue weighted by atomic mass is 16.5. The average Bonchev–Trinajstić information content (AvgIpc) is 3.41. The number of carbonyl (C=O) groups is 1. The van der Waals surface area contributed by atoms with E-state index < -0.39 is 0 Å². The summed E-state index contributed by atoms with van der Waals surface area (Å²) in [5, 5.41) is 6.67. The van der Waals surface area contributed by atoms with Gasteiger partial charge in [0.1, 0.15) is 11.5 Å². The molecule has 6 nitrogen and oxygen atoms in total. The maximum absolute atomic E-state index is 13.8. The van der Waals surface area contributed by atoms with E-state index in [4.69, 9.17) is 14.6 Å². The van der Waals surface area contributed by atoms with Crippen molar-refractivity contribution in [3.63, 3.8) is 0 Å². The van der Waals surface area contributed by atoms with Gasteiger partial charge in [-0.15, -0.1) is 0 Å². The molecule has 0 radical (unpaired) electrons. The van der Waals surface area contributed by atoms with Crippen LogP contribution in [-0.2, 0) is 11.2 Å². The Hall–Kier alpha value is -3.64. The lowest BCUT2D eigenvalue weighted by Gasteiger charge is -2.33. The van der Waals surface area contributed by atoms with E-state index in [1.807, 2.05) is 18.2 Å². The first-order valence-corrected chi connectivity index (χ1v) is 13.9. The molecule has 6 heteroatoms. The minimum absolute atomic E-state index is 0.0275. The molecule has 3 aromatic rings. The van der Waals surface area contributed by atoms with Gasteiger partial charge in [0, 0.05) is 23.6 Å². The monoisotopic (exact) mass is 525 g/mol. The van der Waals surface area contributed by atoms with Gasteiger partial charge in [0.15, 0.2) is 0 Å². The fourth-order valence-electron chi connectivity index (χ4n) is 5.85. The summed E-state index contributed by atoms with van der Waals surface area (Å²) in [5.41, 5.74) is 6.72. The van der Waals surface area contributed by atoms with Gasteiger partial charge in [-0.1, -0.05) is 48.0 Å². The van der Waals surface area contributed by atoms with Gasteiger partial charge < -0.3 is 9.47 Å². The van der Waals surface area contributed by atoms with Crippen molar-refractivity contribution in [2.24, 2.45) is 11.0 Å². The van der Waals surface area contributed by atoms with Crippen LogP contribution in [0.1, 0.15) is 53.1 Å². The summed E-state index contributed by atoms with van der Waals surface area (Å²) >= 11 is 0. The second kappa shape index (κ2) is 12.0. The Labute approximate surface area is 232 Å². The summed E-state index contributed by atoms with van der Waals surface area (Å²) in [5.74, 6) is 2.12. The summed E-state index contributed by atoms with van der Waals surface area (Å²) in [4.78, 5) is 16.1. The van der Waals surface area contributed by atoms with E-state index in [0.29, 0.717) is 24.6 Å².